The predicted octanol–water partition coefficient (Wildman–Crippen LogP) is 3.25. The van der Waals surface area contributed by atoms with Gasteiger partial charge in [-0.05, 0) is 29.7 Å². The number of aliphatic hydroxyl groups excluding tert-OH is 2. The first kappa shape index (κ1) is 22.0. The van der Waals surface area contributed by atoms with Crippen molar-refractivity contribution in [1.29, 1.82) is 0 Å². The second-order valence-electron chi connectivity index (χ2n) is 6.96. The van der Waals surface area contributed by atoms with Crippen molar-refractivity contribution in [2.24, 2.45) is 0 Å². The summed E-state index contributed by atoms with van der Waals surface area (Å²) in [6.07, 6.45) is 0.688. The number of hydrogen-bond donors (Lipinski definition) is 2. The summed E-state index contributed by atoms with van der Waals surface area (Å²) in [5.41, 5.74) is 1.79. The van der Waals surface area contributed by atoms with Crippen molar-refractivity contribution in [3.8, 4) is 0 Å². The first-order chi connectivity index (χ1) is 14.5. The van der Waals surface area contributed by atoms with E-state index in [2.05, 4.69) is 0 Å². The molecule has 0 saturated heterocycles. The maximum atomic E-state index is 13.1. The number of hydrogen-bond acceptors (Lipinski definition) is 5. The number of carbonyl (C=O) groups is 2. The molecule has 0 saturated carbocycles. The normalized spacial score (nSPS) is 16.4. The highest BCUT2D eigenvalue weighted by atomic mass is 35.5. The molecule has 0 spiro atoms. The van der Waals surface area contributed by atoms with Crippen molar-refractivity contribution in [2.45, 2.75) is 18.9 Å². The summed E-state index contributed by atoms with van der Waals surface area (Å²) < 4.78 is 5.28. The van der Waals surface area contributed by atoms with Crippen LogP contribution >= 0.6 is 11.6 Å². The molecule has 0 aliphatic carbocycles. The van der Waals surface area contributed by atoms with Gasteiger partial charge in [-0.25, -0.2) is 0 Å². The Kier molecular flexibility index (Phi) is 7.63. The summed E-state index contributed by atoms with van der Waals surface area (Å²) in [5, 5.41) is 19.9. The van der Waals surface area contributed by atoms with Gasteiger partial charge < -0.3 is 19.8 Å². The molecule has 1 heterocycles. The van der Waals surface area contributed by atoms with Gasteiger partial charge in [0.25, 0.3) is 5.91 Å². The highest BCUT2D eigenvalue weighted by molar-refractivity contribution is 6.30. The Hall–Kier alpha value is -2.67. The van der Waals surface area contributed by atoms with E-state index < -0.39 is 17.7 Å². The van der Waals surface area contributed by atoms with E-state index in [4.69, 9.17) is 21.4 Å². The van der Waals surface area contributed by atoms with E-state index in [0.717, 1.165) is 5.56 Å². The topological polar surface area (TPSA) is 87.1 Å². The molecule has 7 heteroatoms. The van der Waals surface area contributed by atoms with Crippen molar-refractivity contribution in [3.05, 3.63) is 82.1 Å². The Morgan fingerprint density at radius 3 is 2.43 bits per heavy atom. The molecule has 1 unspecified atom stereocenters. The zero-order valence-corrected chi connectivity index (χ0v) is 17.2. The minimum atomic E-state index is -0.712. The number of nitrogens with zero attached hydrogens (tertiary/aromatic N) is 1. The van der Waals surface area contributed by atoms with E-state index in [1.54, 1.807) is 24.3 Å². The highest BCUT2D eigenvalue weighted by Gasteiger charge is 2.42. The molecule has 2 N–H and O–H groups in total. The average Bonchev–Trinajstić information content (AvgIpc) is 3.01. The van der Waals surface area contributed by atoms with Crippen molar-refractivity contribution < 1.29 is 24.5 Å². The monoisotopic (exact) mass is 429 g/mol. The Balaban J connectivity index is 1.84. The van der Waals surface area contributed by atoms with Crippen molar-refractivity contribution >= 4 is 23.3 Å². The van der Waals surface area contributed by atoms with E-state index in [1.807, 2.05) is 30.3 Å². The summed E-state index contributed by atoms with van der Waals surface area (Å²) in [6, 6.07) is 15.7. The van der Waals surface area contributed by atoms with Crippen LogP contribution in [0.3, 0.4) is 0 Å². The van der Waals surface area contributed by atoms with Gasteiger partial charge in [-0.3, -0.25) is 9.59 Å². The molecule has 6 nitrogen and oxygen atoms in total. The van der Waals surface area contributed by atoms with Gasteiger partial charge in [0.2, 0.25) is 0 Å². The van der Waals surface area contributed by atoms with Crippen LogP contribution in [0.15, 0.2) is 65.9 Å². The van der Waals surface area contributed by atoms with E-state index in [9.17, 15) is 14.7 Å². The molecular weight excluding hydrogens is 406 g/mol. The Morgan fingerprint density at radius 1 is 1.07 bits per heavy atom. The van der Waals surface area contributed by atoms with E-state index in [1.165, 1.54) is 4.90 Å². The Morgan fingerprint density at radius 2 is 1.77 bits per heavy atom. The van der Waals surface area contributed by atoms with Crippen LogP contribution < -0.4 is 0 Å². The summed E-state index contributed by atoms with van der Waals surface area (Å²) in [6.45, 7) is 0.373. The predicted molar refractivity (Wildman–Crippen MR) is 113 cm³/mol. The van der Waals surface area contributed by atoms with Crippen LogP contribution in [0.1, 0.15) is 23.6 Å². The first-order valence-corrected chi connectivity index (χ1v) is 10.2. The molecular formula is C23H24ClNO5. The maximum Gasteiger partial charge on any atom is 0.290 e. The van der Waals surface area contributed by atoms with Gasteiger partial charge >= 0.3 is 0 Å². The molecule has 2 aromatic carbocycles. The van der Waals surface area contributed by atoms with Gasteiger partial charge in [0, 0.05) is 18.0 Å². The van der Waals surface area contributed by atoms with Crippen LogP contribution in [0.25, 0.3) is 0 Å². The minimum absolute atomic E-state index is 0.0976. The molecule has 1 atom stereocenters. The summed E-state index contributed by atoms with van der Waals surface area (Å²) in [7, 11) is 0. The minimum Gasteiger partial charge on any atom is -0.503 e. The fourth-order valence-corrected chi connectivity index (χ4v) is 3.65. The fourth-order valence-electron chi connectivity index (χ4n) is 3.53. The molecule has 0 bridgehead atoms. The zero-order valence-electron chi connectivity index (χ0n) is 16.5. The third-order valence-electron chi connectivity index (χ3n) is 4.99. The number of Topliss-reactive ketones (excluding diaryl/α,β-unsaturated/α-hetero) is 1. The van der Waals surface area contributed by atoms with Crippen molar-refractivity contribution in [1.82, 2.24) is 4.90 Å². The maximum absolute atomic E-state index is 13.1. The first-order valence-electron chi connectivity index (χ1n) is 9.78. The van der Waals surface area contributed by atoms with Crippen molar-refractivity contribution in [3.63, 3.8) is 0 Å². The van der Waals surface area contributed by atoms with Gasteiger partial charge in [-0.15, -0.1) is 0 Å². The number of rotatable bonds is 10. The van der Waals surface area contributed by atoms with Crippen LogP contribution in [-0.2, 0) is 20.7 Å². The van der Waals surface area contributed by atoms with E-state index in [0.29, 0.717) is 17.0 Å². The third-order valence-corrected chi connectivity index (χ3v) is 5.24. The van der Waals surface area contributed by atoms with Gasteiger partial charge in [0.15, 0.2) is 11.5 Å². The molecule has 1 aliphatic heterocycles. The lowest BCUT2D eigenvalue weighted by Gasteiger charge is -2.27. The Bertz CT molecular complexity index is 911. The number of amides is 1. The average molecular weight is 430 g/mol. The molecule has 30 heavy (non-hydrogen) atoms. The van der Waals surface area contributed by atoms with Gasteiger partial charge in [-0.1, -0.05) is 54.1 Å². The molecule has 0 aromatic heterocycles. The van der Waals surface area contributed by atoms with Gasteiger partial charge in [-0.2, -0.15) is 0 Å². The van der Waals surface area contributed by atoms with Crippen LogP contribution in [0.5, 0.6) is 0 Å². The summed E-state index contributed by atoms with van der Waals surface area (Å²) >= 11 is 5.99. The number of halogens is 1. The highest BCUT2D eigenvalue weighted by Crippen LogP contribution is 2.38. The molecule has 1 aliphatic rings. The summed E-state index contributed by atoms with van der Waals surface area (Å²) in [5.74, 6) is -1.40. The van der Waals surface area contributed by atoms with Gasteiger partial charge in [0.1, 0.15) is 0 Å². The molecule has 0 fully saturated rings. The van der Waals surface area contributed by atoms with Crippen LogP contribution in [-0.4, -0.2) is 53.2 Å². The Labute approximate surface area is 180 Å². The van der Waals surface area contributed by atoms with Crippen LogP contribution in [0.2, 0.25) is 5.02 Å². The number of ether oxygens (including phenoxy) is 1. The van der Waals surface area contributed by atoms with Crippen LogP contribution in [0.4, 0.5) is 0 Å². The second-order valence-corrected chi connectivity index (χ2v) is 7.40. The van der Waals surface area contributed by atoms with E-state index in [-0.39, 0.29) is 44.1 Å². The smallest absolute Gasteiger partial charge is 0.290 e. The van der Waals surface area contributed by atoms with Crippen molar-refractivity contribution in [2.75, 3.05) is 26.4 Å². The standard InChI is InChI=1S/C23H24ClNO5/c24-18-9-7-17(8-10-18)21-20(19(27)11-6-16-4-2-1-3-5-16)22(28)23(29)25(21)12-14-30-15-13-26/h1-5,7-10,21,26,28H,6,11-15H2. The molecule has 158 valence electrons. The lowest BCUT2D eigenvalue weighted by atomic mass is 9.93. The third kappa shape index (κ3) is 5.08. The molecule has 0 radical (unpaired) electrons. The number of benzene rings is 2. The molecule has 1 amide bonds. The lowest BCUT2D eigenvalue weighted by molar-refractivity contribution is -0.130. The number of aliphatic hydroxyl groups is 2. The van der Waals surface area contributed by atoms with E-state index >= 15 is 0 Å². The number of aryl methyl sites for hydroxylation is 1. The number of ketones is 1. The molecule has 2 aromatic rings. The quantitative estimate of drug-likeness (QED) is 0.566. The number of carbonyl (C=O) groups excluding carboxylic acids is 2. The summed E-state index contributed by atoms with van der Waals surface area (Å²) in [4.78, 5) is 27.2. The zero-order chi connectivity index (χ0) is 21.5. The fraction of sp³-hybridized carbons (Fsp3) is 0.304. The molecule has 3 rings (SSSR count). The van der Waals surface area contributed by atoms with Crippen LogP contribution in [0, 0.1) is 0 Å². The largest absolute Gasteiger partial charge is 0.503 e. The lowest BCUT2D eigenvalue weighted by Crippen LogP contribution is -2.34. The SMILES string of the molecule is O=C(CCc1ccccc1)C1=C(O)C(=O)N(CCOCCO)C1c1ccc(Cl)cc1. The second kappa shape index (κ2) is 10.4. The van der Waals surface area contributed by atoms with Gasteiger partial charge in [0.05, 0.1) is 31.4 Å².